The maximum atomic E-state index is 13.2. The SMILES string of the molecule is CC(C)Cc1ccc(N2CCNC2=O)c(C(F)(F)F)c1. The van der Waals surface area contributed by atoms with Crippen molar-refractivity contribution in [3.63, 3.8) is 0 Å². The molecule has 20 heavy (non-hydrogen) atoms. The average molecular weight is 286 g/mol. The first-order valence-corrected chi connectivity index (χ1v) is 6.54. The minimum Gasteiger partial charge on any atom is -0.336 e. The molecule has 1 aliphatic heterocycles. The van der Waals surface area contributed by atoms with Gasteiger partial charge in [0.1, 0.15) is 0 Å². The third kappa shape index (κ3) is 3.05. The summed E-state index contributed by atoms with van der Waals surface area (Å²) in [6.07, 6.45) is -3.89. The zero-order valence-corrected chi connectivity index (χ0v) is 11.4. The number of urea groups is 1. The van der Waals surface area contributed by atoms with Crippen LogP contribution in [-0.2, 0) is 12.6 Å². The molecule has 2 amide bonds. The summed E-state index contributed by atoms with van der Waals surface area (Å²) in [6, 6.07) is 3.73. The smallest absolute Gasteiger partial charge is 0.336 e. The third-order valence-corrected chi connectivity index (χ3v) is 3.16. The molecular weight excluding hydrogens is 269 g/mol. The van der Waals surface area contributed by atoms with Gasteiger partial charge in [0, 0.05) is 13.1 Å². The lowest BCUT2D eigenvalue weighted by Gasteiger charge is -2.21. The van der Waals surface area contributed by atoms with Gasteiger partial charge < -0.3 is 5.32 Å². The van der Waals surface area contributed by atoms with E-state index >= 15 is 0 Å². The van der Waals surface area contributed by atoms with Gasteiger partial charge >= 0.3 is 12.2 Å². The largest absolute Gasteiger partial charge is 0.418 e. The summed E-state index contributed by atoms with van der Waals surface area (Å²) in [6.45, 7) is 4.53. The van der Waals surface area contributed by atoms with Gasteiger partial charge in [0.05, 0.1) is 11.3 Å². The van der Waals surface area contributed by atoms with Crippen LogP contribution in [-0.4, -0.2) is 19.1 Å². The van der Waals surface area contributed by atoms with E-state index in [1.807, 2.05) is 13.8 Å². The van der Waals surface area contributed by atoms with Gasteiger partial charge in [-0.2, -0.15) is 13.2 Å². The van der Waals surface area contributed by atoms with Gasteiger partial charge in [-0.15, -0.1) is 0 Å². The molecule has 0 atom stereocenters. The van der Waals surface area contributed by atoms with Crippen molar-refractivity contribution in [2.45, 2.75) is 26.4 Å². The van der Waals surface area contributed by atoms with Crippen LogP contribution in [0.3, 0.4) is 0 Å². The highest BCUT2D eigenvalue weighted by molar-refractivity contribution is 5.95. The molecule has 0 unspecified atom stereocenters. The Balaban J connectivity index is 2.43. The van der Waals surface area contributed by atoms with Gasteiger partial charge in [0.25, 0.3) is 0 Å². The average Bonchev–Trinajstić information content (AvgIpc) is 2.73. The van der Waals surface area contributed by atoms with Crippen molar-refractivity contribution in [1.82, 2.24) is 5.32 Å². The Morgan fingerprint density at radius 3 is 2.55 bits per heavy atom. The van der Waals surface area contributed by atoms with Crippen molar-refractivity contribution < 1.29 is 18.0 Å². The van der Waals surface area contributed by atoms with E-state index in [4.69, 9.17) is 0 Å². The number of hydrogen-bond acceptors (Lipinski definition) is 1. The fraction of sp³-hybridized carbons (Fsp3) is 0.500. The molecule has 1 heterocycles. The standard InChI is InChI=1S/C14H17F3N2O/c1-9(2)7-10-3-4-12(11(8-10)14(15,16)17)19-6-5-18-13(19)20/h3-4,8-9H,5-7H2,1-2H3,(H,18,20). The quantitative estimate of drug-likeness (QED) is 0.907. The number of rotatable bonds is 3. The number of nitrogens with one attached hydrogen (secondary N) is 1. The second-order valence-electron chi connectivity index (χ2n) is 5.33. The van der Waals surface area contributed by atoms with Crippen LogP contribution in [0.5, 0.6) is 0 Å². The molecule has 0 aliphatic carbocycles. The Morgan fingerprint density at radius 2 is 2.05 bits per heavy atom. The van der Waals surface area contributed by atoms with Crippen LogP contribution in [0.15, 0.2) is 18.2 Å². The maximum Gasteiger partial charge on any atom is 0.418 e. The summed E-state index contributed by atoms with van der Waals surface area (Å²) in [5.41, 5.74) is -0.177. The van der Waals surface area contributed by atoms with E-state index in [2.05, 4.69) is 5.32 Å². The minimum absolute atomic E-state index is 0.0694. The van der Waals surface area contributed by atoms with Crippen LogP contribution in [0.2, 0.25) is 0 Å². The fourth-order valence-electron chi connectivity index (χ4n) is 2.35. The number of halogens is 3. The van der Waals surface area contributed by atoms with Gasteiger partial charge in [0.2, 0.25) is 0 Å². The van der Waals surface area contributed by atoms with Gasteiger partial charge in [-0.3, -0.25) is 4.90 Å². The summed E-state index contributed by atoms with van der Waals surface area (Å²) in [5.74, 6) is 0.275. The topological polar surface area (TPSA) is 32.3 Å². The summed E-state index contributed by atoms with van der Waals surface area (Å²) in [4.78, 5) is 12.7. The van der Waals surface area contributed by atoms with Gasteiger partial charge in [0.15, 0.2) is 0 Å². The molecule has 1 saturated heterocycles. The Kier molecular flexibility index (Phi) is 3.92. The number of nitrogens with zero attached hydrogens (tertiary/aromatic N) is 1. The lowest BCUT2D eigenvalue weighted by molar-refractivity contribution is -0.137. The zero-order valence-electron chi connectivity index (χ0n) is 11.4. The Labute approximate surface area is 115 Å². The van der Waals surface area contributed by atoms with Crippen molar-refractivity contribution in [2.24, 2.45) is 5.92 Å². The second kappa shape index (κ2) is 5.34. The second-order valence-corrected chi connectivity index (χ2v) is 5.33. The molecule has 0 bridgehead atoms. The van der Waals surface area contributed by atoms with Crippen LogP contribution >= 0.6 is 0 Å². The molecular formula is C14H17F3N2O. The molecule has 6 heteroatoms. The van der Waals surface area contributed by atoms with E-state index in [9.17, 15) is 18.0 Å². The highest BCUT2D eigenvalue weighted by Crippen LogP contribution is 2.38. The van der Waals surface area contributed by atoms with Gasteiger partial charge in [-0.05, 0) is 30.0 Å². The lowest BCUT2D eigenvalue weighted by Crippen LogP contribution is -2.29. The number of anilines is 1. The van der Waals surface area contributed by atoms with E-state index in [1.54, 1.807) is 6.07 Å². The number of hydrogen-bond donors (Lipinski definition) is 1. The molecule has 0 radical (unpaired) electrons. The first-order chi connectivity index (χ1) is 9.29. The van der Waals surface area contributed by atoms with Crippen LogP contribution in [0.25, 0.3) is 0 Å². The van der Waals surface area contributed by atoms with Crippen molar-refractivity contribution in [2.75, 3.05) is 18.0 Å². The van der Waals surface area contributed by atoms with E-state index in [0.29, 0.717) is 18.5 Å². The molecule has 0 aromatic heterocycles. The predicted octanol–water partition coefficient (Wildman–Crippen LogP) is 3.43. The molecule has 1 aromatic carbocycles. The molecule has 0 spiro atoms. The van der Waals surface area contributed by atoms with E-state index in [1.165, 1.54) is 6.07 Å². The summed E-state index contributed by atoms with van der Waals surface area (Å²) in [7, 11) is 0. The van der Waals surface area contributed by atoms with E-state index in [-0.39, 0.29) is 18.2 Å². The molecule has 2 rings (SSSR count). The van der Waals surface area contributed by atoms with E-state index < -0.39 is 17.8 Å². The van der Waals surface area contributed by atoms with Crippen molar-refractivity contribution in [1.29, 1.82) is 0 Å². The number of carbonyl (C=O) groups is 1. The fourth-order valence-corrected chi connectivity index (χ4v) is 2.35. The van der Waals surface area contributed by atoms with Crippen LogP contribution < -0.4 is 10.2 Å². The molecule has 1 aliphatic rings. The van der Waals surface area contributed by atoms with Crippen LogP contribution in [0.4, 0.5) is 23.7 Å². The van der Waals surface area contributed by atoms with Crippen molar-refractivity contribution >= 4 is 11.7 Å². The Hall–Kier alpha value is -1.72. The molecule has 0 saturated carbocycles. The molecule has 1 N–H and O–H groups in total. The Bertz CT molecular complexity index is 512. The predicted molar refractivity (Wildman–Crippen MR) is 70.7 cm³/mol. The first kappa shape index (κ1) is 14.7. The van der Waals surface area contributed by atoms with Gasteiger partial charge in [-0.25, -0.2) is 4.79 Å². The molecule has 110 valence electrons. The number of alkyl halides is 3. The van der Waals surface area contributed by atoms with Crippen molar-refractivity contribution in [3.05, 3.63) is 29.3 Å². The van der Waals surface area contributed by atoms with Crippen molar-refractivity contribution in [3.8, 4) is 0 Å². The zero-order chi connectivity index (χ0) is 14.9. The number of benzene rings is 1. The van der Waals surface area contributed by atoms with Crippen LogP contribution in [0.1, 0.15) is 25.0 Å². The molecule has 3 nitrogen and oxygen atoms in total. The summed E-state index contributed by atoms with van der Waals surface area (Å²) < 4.78 is 39.6. The van der Waals surface area contributed by atoms with Crippen LogP contribution in [0, 0.1) is 5.92 Å². The monoisotopic (exact) mass is 286 g/mol. The van der Waals surface area contributed by atoms with E-state index in [0.717, 1.165) is 11.0 Å². The Morgan fingerprint density at radius 1 is 1.35 bits per heavy atom. The minimum atomic E-state index is -4.47. The summed E-state index contributed by atoms with van der Waals surface area (Å²) in [5, 5.41) is 2.51. The maximum absolute atomic E-state index is 13.2. The number of carbonyl (C=O) groups excluding carboxylic acids is 1. The highest BCUT2D eigenvalue weighted by Gasteiger charge is 2.37. The third-order valence-electron chi connectivity index (χ3n) is 3.16. The normalized spacial score (nSPS) is 15.9. The van der Waals surface area contributed by atoms with Gasteiger partial charge in [-0.1, -0.05) is 19.9 Å². The first-order valence-electron chi connectivity index (χ1n) is 6.54. The molecule has 1 fully saturated rings. The lowest BCUT2D eigenvalue weighted by atomic mass is 9.99. The molecule has 1 aromatic rings. The number of amides is 2. The highest BCUT2D eigenvalue weighted by atomic mass is 19.4. The summed E-state index contributed by atoms with van der Waals surface area (Å²) >= 11 is 0.